The summed E-state index contributed by atoms with van der Waals surface area (Å²) in [5.41, 5.74) is 8.15. The molecule has 2 atom stereocenters. The highest BCUT2D eigenvalue weighted by Gasteiger charge is 2.63. The van der Waals surface area contributed by atoms with Gasteiger partial charge >= 0.3 is 0 Å². The lowest BCUT2D eigenvalue weighted by atomic mass is 9.54. The molecule has 1 aromatic heterocycles. The van der Waals surface area contributed by atoms with Crippen molar-refractivity contribution < 1.29 is 9.53 Å². The third-order valence-corrected chi connectivity index (χ3v) is 6.14. The molecule has 5 nitrogen and oxygen atoms in total. The molecule has 1 aromatic carbocycles. The van der Waals surface area contributed by atoms with Crippen molar-refractivity contribution in [1.82, 2.24) is 4.98 Å². The highest BCUT2D eigenvalue weighted by Crippen LogP contribution is 2.50. The van der Waals surface area contributed by atoms with Gasteiger partial charge in [-0.25, -0.2) is 4.98 Å². The number of thiazole rings is 1. The van der Waals surface area contributed by atoms with Gasteiger partial charge in [-0.1, -0.05) is 38.1 Å². The van der Waals surface area contributed by atoms with Crippen LogP contribution in [0, 0.1) is 12.3 Å². The van der Waals surface area contributed by atoms with Gasteiger partial charge in [0, 0.05) is 29.4 Å². The number of benzene rings is 1. The first-order valence-corrected chi connectivity index (χ1v) is 9.41. The van der Waals surface area contributed by atoms with Crippen LogP contribution in [0.2, 0.25) is 0 Å². The number of amides is 1. The zero-order valence-corrected chi connectivity index (χ0v) is 17.2. The molecule has 1 amide bonds. The number of carbonyl (C=O) groups is 1. The number of nitrogens with zero attached hydrogens (tertiary/aromatic N) is 1. The minimum absolute atomic E-state index is 0. The van der Waals surface area contributed by atoms with Crippen LogP contribution >= 0.6 is 23.7 Å². The van der Waals surface area contributed by atoms with Crippen LogP contribution in [0.4, 0.5) is 5.13 Å². The summed E-state index contributed by atoms with van der Waals surface area (Å²) in [7, 11) is 0. The number of hydrogen-bond acceptors (Lipinski definition) is 5. The Hall–Kier alpha value is -1.47. The quantitative estimate of drug-likeness (QED) is 0.801. The molecule has 2 unspecified atom stereocenters. The van der Waals surface area contributed by atoms with Gasteiger partial charge in [-0.05, 0) is 19.4 Å². The van der Waals surface area contributed by atoms with Gasteiger partial charge in [-0.3, -0.25) is 4.79 Å². The predicted molar refractivity (Wildman–Crippen MR) is 109 cm³/mol. The summed E-state index contributed by atoms with van der Waals surface area (Å²) >= 11 is 1.41. The zero-order valence-electron chi connectivity index (χ0n) is 15.5. The van der Waals surface area contributed by atoms with Crippen molar-refractivity contribution in [2.24, 2.45) is 11.1 Å². The monoisotopic (exact) mass is 395 g/mol. The smallest absolute Gasteiger partial charge is 0.246 e. The highest BCUT2D eigenvalue weighted by atomic mass is 35.5. The maximum absolute atomic E-state index is 12.8. The second-order valence-corrected chi connectivity index (χ2v) is 8.01. The molecule has 3 rings (SSSR count). The lowest BCUT2D eigenvalue weighted by Gasteiger charge is -2.57. The number of carbonyl (C=O) groups excluding carboxylic acids is 1. The molecule has 2 aromatic rings. The minimum atomic E-state index is -0.943. The highest BCUT2D eigenvalue weighted by molar-refractivity contribution is 7.14. The number of ether oxygens (including phenoxy) is 1. The number of aryl methyl sites for hydroxylation is 1. The van der Waals surface area contributed by atoms with Crippen LogP contribution in [0.3, 0.4) is 0 Å². The second-order valence-electron chi connectivity index (χ2n) is 7.15. The van der Waals surface area contributed by atoms with Gasteiger partial charge in [-0.2, -0.15) is 0 Å². The molecule has 1 fully saturated rings. The number of hydrogen-bond donors (Lipinski definition) is 2. The summed E-state index contributed by atoms with van der Waals surface area (Å²) in [5.74, 6) is -0.195. The molecular weight excluding hydrogens is 370 g/mol. The van der Waals surface area contributed by atoms with Crippen LogP contribution in [-0.2, 0) is 9.53 Å². The zero-order chi connectivity index (χ0) is 18.2. The number of nitrogens with two attached hydrogens (primary N) is 1. The maximum Gasteiger partial charge on any atom is 0.246 e. The Bertz CT molecular complexity index is 793. The summed E-state index contributed by atoms with van der Waals surface area (Å²) in [6, 6.07) is 8.06. The van der Waals surface area contributed by atoms with Crippen molar-refractivity contribution in [1.29, 1.82) is 0 Å². The minimum Gasteiger partial charge on any atom is -0.378 e. The molecule has 3 N–H and O–H groups in total. The Labute approximate surface area is 164 Å². The molecule has 0 bridgehead atoms. The van der Waals surface area contributed by atoms with Crippen LogP contribution < -0.4 is 11.1 Å². The summed E-state index contributed by atoms with van der Waals surface area (Å²) in [5, 5.41) is 5.43. The molecule has 26 heavy (non-hydrogen) atoms. The molecule has 1 aliphatic carbocycles. The SMILES string of the molecule is CCOC1CC(N)(C(=O)Nc2nc(-c3ccccc3C)cs2)C1(C)C.Cl. The van der Waals surface area contributed by atoms with E-state index in [1.54, 1.807) is 0 Å². The van der Waals surface area contributed by atoms with Gasteiger partial charge in [0.05, 0.1) is 11.8 Å². The average molecular weight is 396 g/mol. The fourth-order valence-corrected chi connectivity index (χ4v) is 4.05. The predicted octanol–water partition coefficient (Wildman–Crippen LogP) is 4.01. The normalized spacial score (nSPS) is 23.7. The van der Waals surface area contributed by atoms with Crippen LogP contribution in [0.15, 0.2) is 29.6 Å². The number of anilines is 1. The third-order valence-electron chi connectivity index (χ3n) is 5.38. The van der Waals surface area contributed by atoms with E-state index in [1.165, 1.54) is 11.3 Å². The van der Waals surface area contributed by atoms with Crippen molar-refractivity contribution in [3.63, 3.8) is 0 Å². The molecule has 0 spiro atoms. The van der Waals surface area contributed by atoms with E-state index in [9.17, 15) is 4.79 Å². The van der Waals surface area contributed by atoms with Gasteiger partial charge in [0.25, 0.3) is 0 Å². The summed E-state index contributed by atoms with van der Waals surface area (Å²) < 4.78 is 5.69. The van der Waals surface area contributed by atoms with Crippen molar-refractivity contribution in [2.45, 2.75) is 45.8 Å². The van der Waals surface area contributed by atoms with E-state index >= 15 is 0 Å². The van der Waals surface area contributed by atoms with Crippen molar-refractivity contribution in [3.8, 4) is 11.3 Å². The molecule has 1 saturated carbocycles. The summed E-state index contributed by atoms with van der Waals surface area (Å²) in [6.45, 7) is 8.59. The molecule has 0 saturated heterocycles. The summed E-state index contributed by atoms with van der Waals surface area (Å²) in [6.07, 6.45) is 0.530. The van der Waals surface area contributed by atoms with Crippen LogP contribution in [0.5, 0.6) is 0 Å². The van der Waals surface area contributed by atoms with Crippen molar-refractivity contribution in [2.75, 3.05) is 11.9 Å². The lowest BCUT2D eigenvalue weighted by Crippen LogP contribution is -2.74. The summed E-state index contributed by atoms with van der Waals surface area (Å²) in [4.78, 5) is 17.3. The van der Waals surface area contributed by atoms with Crippen LogP contribution in [0.25, 0.3) is 11.3 Å². The first-order valence-electron chi connectivity index (χ1n) is 8.53. The first-order chi connectivity index (χ1) is 11.8. The Morgan fingerprint density at radius 1 is 1.42 bits per heavy atom. The molecule has 7 heteroatoms. The molecule has 0 radical (unpaired) electrons. The molecular formula is C19H26ClN3O2S. The fraction of sp³-hybridized carbons (Fsp3) is 0.474. The number of nitrogens with one attached hydrogen (secondary N) is 1. The first kappa shape index (κ1) is 20.8. The topological polar surface area (TPSA) is 77.2 Å². The van der Waals surface area contributed by atoms with E-state index < -0.39 is 11.0 Å². The maximum atomic E-state index is 12.8. The van der Waals surface area contributed by atoms with E-state index in [1.807, 2.05) is 57.3 Å². The van der Waals surface area contributed by atoms with Crippen LogP contribution in [-0.4, -0.2) is 29.1 Å². The Morgan fingerprint density at radius 2 is 2.12 bits per heavy atom. The Morgan fingerprint density at radius 3 is 2.73 bits per heavy atom. The van der Waals surface area contributed by atoms with Gasteiger partial charge in [0.2, 0.25) is 5.91 Å². The van der Waals surface area contributed by atoms with Gasteiger partial charge in [-0.15, -0.1) is 23.7 Å². The second kappa shape index (κ2) is 7.64. The van der Waals surface area contributed by atoms with Gasteiger partial charge in [0.15, 0.2) is 5.13 Å². The lowest BCUT2D eigenvalue weighted by molar-refractivity contribution is -0.166. The van der Waals surface area contributed by atoms with E-state index in [4.69, 9.17) is 10.5 Å². The molecule has 142 valence electrons. The van der Waals surface area contributed by atoms with Crippen molar-refractivity contribution in [3.05, 3.63) is 35.2 Å². The fourth-order valence-electron chi connectivity index (χ4n) is 3.34. The number of rotatable bonds is 5. The van der Waals surface area contributed by atoms with Crippen LogP contribution in [0.1, 0.15) is 32.8 Å². The van der Waals surface area contributed by atoms with Gasteiger partial charge in [0.1, 0.15) is 5.54 Å². The standard InChI is InChI=1S/C19H25N3O2S.ClH/c1-5-24-15-10-19(20,18(15,3)4)16(23)22-17-21-14(11-25-17)13-9-7-6-8-12(13)2;/h6-9,11,15H,5,10,20H2,1-4H3,(H,21,22,23);1H. The molecule has 1 heterocycles. The van der Waals surface area contributed by atoms with E-state index in [-0.39, 0.29) is 24.4 Å². The average Bonchev–Trinajstić information content (AvgIpc) is 3.03. The van der Waals surface area contributed by atoms with E-state index in [2.05, 4.69) is 10.3 Å². The van der Waals surface area contributed by atoms with Gasteiger partial charge < -0.3 is 15.8 Å². The van der Waals surface area contributed by atoms with E-state index in [0.29, 0.717) is 18.2 Å². The third kappa shape index (κ3) is 3.39. The number of aromatic nitrogens is 1. The molecule has 0 aliphatic heterocycles. The van der Waals surface area contributed by atoms with E-state index in [0.717, 1.165) is 16.8 Å². The Kier molecular flexibility index (Phi) is 6.13. The Balaban J connectivity index is 0.00000243. The largest absolute Gasteiger partial charge is 0.378 e. The molecule has 1 aliphatic rings. The van der Waals surface area contributed by atoms with Crippen molar-refractivity contribution >= 4 is 34.8 Å². The number of halogens is 1.